The molecule has 0 aliphatic carbocycles. The molecule has 2 aliphatic rings. The van der Waals surface area contributed by atoms with Crippen LogP contribution in [0.15, 0.2) is 172 Å². The topological polar surface area (TPSA) is 169 Å². The zero-order valence-electron chi connectivity index (χ0n) is 31.2. The number of Topliss-reactive ketones (excluding diaryl/α,β-unsaturated/α-hetero) is 1. The van der Waals surface area contributed by atoms with Gasteiger partial charge in [-0.1, -0.05) is 78.6 Å². The van der Waals surface area contributed by atoms with Crippen LogP contribution >= 0.6 is 0 Å². The van der Waals surface area contributed by atoms with Crippen molar-refractivity contribution in [2.24, 2.45) is 0 Å². The highest BCUT2D eigenvalue weighted by Crippen LogP contribution is 2.38. The number of hydrogen-bond donors (Lipinski definition) is 0. The van der Waals surface area contributed by atoms with E-state index in [0.29, 0.717) is 11.1 Å². The summed E-state index contributed by atoms with van der Waals surface area (Å²) in [6, 6.07) is 33.5. The fourth-order valence-electron chi connectivity index (χ4n) is 5.77. The Morgan fingerprint density at radius 2 is 1.12 bits per heavy atom. The quantitative estimate of drug-likeness (QED) is 0.0840. The molecule has 0 atom stereocenters. The lowest BCUT2D eigenvalue weighted by Crippen LogP contribution is -2.27. The summed E-state index contributed by atoms with van der Waals surface area (Å²) in [5.41, 5.74) is 3.23. The van der Waals surface area contributed by atoms with Crippen LogP contribution in [0.25, 0.3) is 22.5 Å². The average Bonchev–Trinajstić information content (AvgIpc) is 3.58. The third-order valence-corrected chi connectivity index (χ3v) is 12.4. The van der Waals surface area contributed by atoms with Gasteiger partial charge in [-0.2, -0.15) is 0 Å². The van der Waals surface area contributed by atoms with Crippen molar-refractivity contribution in [1.29, 1.82) is 0 Å². The summed E-state index contributed by atoms with van der Waals surface area (Å²) in [5.74, 6) is 2.29. The maximum absolute atomic E-state index is 12.9. The third kappa shape index (κ3) is 9.00. The number of benzene rings is 3. The minimum atomic E-state index is -3.98. The number of aromatic nitrogens is 2. The highest BCUT2D eigenvalue weighted by atomic mass is 32.2. The van der Waals surface area contributed by atoms with Crippen molar-refractivity contribution in [1.82, 2.24) is 0 Å². The smallest absolute Gasteiger partial charge is 0.390 e. The molecule has 0 unspecified atom stereocenters. The molecule has 0 saturated heterocycles. The summed E-state index contributed by atoms with van der Waals surface area (Å²) in [5, 5.41) is 12.8. The van der Waals surface area contributed by atoms with Crippen LogP contribution in [0.5, 0.6) is 0 Å². The Bertz CT molecular complexity index is 2910. The first-order chi connectivity index (χ1) is 28.3. The van der Waals surface area contributed by atoms with Crippen molar-refractivity contribution in [2.75, 3.05) is 14.2 Å². The fourth-order valence-corrected chi connectivity index (χ4v) is 8.87. The Morgan fingerprint density at radius 3 is 1.61 bits per heavy atom. The van der Waals surface area contributed by atoms with Gasteiger partial charge in [0.2, 0.25) is 37.5 Å². The summed E-state index contributed by atoms with van der Waals surface area (Å²) in [6.07, 6.45) is 12.3. The molecule has 0 bridgehead atoms. The molecule has 2 aliphatic heterocycles. The molecule has 5 aromatic rings. The van der Waals surface area contributed by atoms with Crippen molar-refractivity contribution in [3.05, 3.63) is 179 Å². The van der Waals surface area contributed by atoms with Gasteiger partial charge in [-0.3, -0.25) is 4.79 Å². The number of carbonyl (C=O) groups excluding carboxylic acids is 3. The number of pyridine rings is 2. The molecule has 2 aromatic heterocycles. The van der Waals surface area contributed by atoms with Crippen LogP contribution in [0.3, 0.4) is 0 Å². The molecule has 59 heavy (non-hydrogen) atoms. The Kier molecular flexibility index (Phi) is 12.3. The van der Waals surface area contributed by atoms with Crippen LogP contribution in [0.2, 0.25) is 0 Å². The molecular formula is C45H31N2O10S2+. The second-order valence-corrected chi connectivity index (χ2v) is 16.1. The first-order valence-electron chi connectivity index (χ1n) is 17.4. The zero-order chi connectivity index (χ0) is 42.2. The van der Waals surface area contributed by atoms with E-state index in [1.165, 1.54) is 62.8 Å². The van der Waals surface area contributed by atoms with Crippen molar-refractivity contribution >= 4 is 48.7 Å². The number of methoxy groups -OCH3 is 2. The van der Waals surface area contributed by atoms with Crippen molar-refractivity contribution < 1.29 is 54.9 Å². The van der Waals surface area contributed by atoms with Gasteiger partial charge in [-0.15, -0.1) is 9.13 Å². The number of esters is 2. The molecular weight excluding hydrogens is 793 g/mol. The molecule has 4 heterocycles. The SMILES string of the molecule is COC(=O)C#C[n+]1ccc(-c2cc[n+](C#CC(=O)OC)cc2)cc1.O=C1C(=CC=C(C=CC2=C([O-])c3ccccc3S2(=O)=O)c2ccccc2)S(=O)(=O)c2ccccc21. The van der Waals surface area contributed by atoms with Crippen molar-refractivity contribution in [2.45, 2.75) is 9.79 Å². The van der Waals surface area contributed by atoms with Crippen LogP contribution in [0, 0.1) is 23.9 Å². The maximum atomic E-state index is 12.9. The van der Waals surface area contributed by atoms with Gasteiger partial charge in [0.1, 0.15) is 4.91 Å². The standard InChI is InChI=1S/C27H18O6S2.C18H14N2O4/c28-26-20-10-4-6-12-22(20)34(30,31)24(26)16-14-19(18-8-2-1-3-9-18)15-17-25-27(29)21-11-5-7-13-23(21)35(25,32)33;1-23-17(21)7-13-19-9-3-15(4-10-19)16-5-11-20(12-6-16)14-8-18(22)24-2/h1-17,28H;3-6,9-12H,1-2H3/q;+2/p-1. The number of carbonyl (C=O) groups is 3. The largest absolute Gasteiger partial charge is 0.871 e. The van der Waals surface area contributed by atoms with E-state index in [1.54, 1.807) is 88.5 Å². The predicted octanol–water partition coefficient (Wildman–Crippen LogP) is 3.59. The van der Waals surface area contributed by atoms with Crippen molar-refractivity contribution in [3.63, 3.8) is 0 Å². The number of sulfone groups is 2. The Labute approximate surface area is 340 Å². The number of nitrogens with zero attached hydrogens (tertiary/aromatic N) is 2. The van der Waals surface area contributed by atoms with Gasteiger partial charge in [-0.05, 0) is 58.2 Å². The number of ketones is 1. The van der Waals surface area contributed by atoms with Gasteiger partial charge in [0.15, 0.2) is 24.8 Å². The third-order valence-electron chi connectivity index (χ3n) is 8.74. The van der Waals surface area contributed by atoms with Gasteiger partial charge in [0, 0.05) is 29.8 Å². The average molecular weight is 824 g/mol. The molecule has 12 nitrogen and oxygen atoms in total. The molecule has 292 valence electrons. The second-order valence-electron chi connectivity index (χ2n) is 12.3. The zero-order valence-corrected chi connectivity index (χ0v) is 32.9. The van der Waals surface area contributed by atoms with E-state index in [1.807, 2.05) is 24.3 Å². The molecule has 0 radical (unpaired) electrons. The highest BCUT2D eigenvalue weighted by molar-refractivity contribution is 7.97. The van der Waals surface area contributed by atoms with E-state index >= 15 is 0 Å². The number of fused-ring (bicyclic) bond motifs is 2. The lowest BCUT2D eigenvalue weighted by molar-refractivity contribution is -0.583. The van der Waals surface area contributed by atoms with Gasteiger partial charge >= 0.3 is 11.9 Å². The second kappa shape index (κ2) is 17.7. The Balaban J connectivity index is 0.000000214. The van der Waals surface area contributed by atoms with E-state index in [2.05, 4.69) is 33.4 Å². The van der Waals surface area contributed by atoms with E-state index in [9.17, 15) is 36.3 Å². The summed E-state index contributed by atoms with van der Waals surface area (Å²) >= 11 is 0. The van der Waals surface area contributed by atoms with Crippen molar-refractivity contribution in [3.8, 4) is 35.1 Å². The summed E-state index contributed by atoms with van der Waals surface area (Å²) in [6.45, 7) is 0. The van der Waals surface area contributed by atoms with E-state index in [-0.39, 0.29) is 30.7 Å². The molecule has 7 rings (SSSR count). The van der Waals surface area contributed by atoms with E-state index < -0.39 is 43.2 Å². The van der Waals surface area contributed by atoms with Crippen LogP contribution in [0.4, 0.5) is 0 Å². The molecule has 0 saturated carbocycles. The molecule has 0 N–H and O–H groups in total. The Morgan fingerprint density at radius 1 is 0.644 bits per heavy atom. The number of ether oxygens (including phenoxy) is 2. The van der Waals surface area contributed by atoms with Crippen LogP contribution in [-0.2, 0) is 38.7 Å². The highest BCUT2D eigenvalue weighted by Gasteiger charge is 2.38. The normalized spacial score (nSPS) is 15.1. The lowest BCUT2D eigenvalue weighted by Gasteiger charge is -2.08. The number of rotatable bonds is 5. The molecule has 14 heteroatoms. The minimum absolute atomic E-state index is 0.0441. The minimum Gasteiger partial charge on any atom is -0.871 e. The molecule has 0 amide bonds. The van der Waals surface area contributed by atoms with Gasteiger partial charge < -0.3 is 14.6 Å². The van der Waals surface area contributed by atoms with E-state index in [0.717, 1.165) is 11.1 Å². The summed E-state index contributed by atoms with van der Waals surface area (Å²) < 4.78 is 63.6. The molecule has 3 aromatic carbocycles. The van der Waals surface area contributed by atoms with Crippen LogP contribution in [-0.4, -0.2) is 48.8 Å². The lowest BCUT2D eigenvalue weighted by atomic mass is 10.0. The summed E-state index contributed by atoms with van der Waals surface area (Å²) in [4.78, 5) is 33.9. The predicted molar refractivity (Wildman–Crippen MR) is 213 cm³/mol. The Hall–Kier alpha value is -7.65. The molecule has 0 fully saturated rings. The molecule has 0 spiro atoms. The van der Waals surface area contributed by atoms with Crippen LogP contribution < -0.4 is 14.2 Å². The van der Waals surface area contributed by atoms with Gasteiger partial charge in [0.05, 0.1) is 40.8 Å². The van der Waals surface area contributed by atoms with Gasteiger partial charge in [-0.25, -0.2) is 26.4 Å². The fraction of sp³-hybridized carbons (Fsp3) is 0.0444. The monoisotopic (exact) mass is 823 g/mol. The first kappa shape index (κ1) is 41.0. The number of hydrogen-bond acceptors (Lipinski definition) is 10. The van der Waals surface area contributed by atoms with Gasteiger partial charge in [0.25, 0.3) is 0 Å². The summed E-state index contributed by atoms with van der Waals surface area (Å²) in [7, 11) is -5.40. The maximum Gasteiger partial charge on any atom is 0.390 e. The van der Waals surface area contributed by atoms with E-state index in [4.69, 9.17) is 0 Å². The number of allylic oxidation sites excluding steroid dienone is 6. The van der Waals surface area contributed by atoms with Crippen LogP contribution in [0.1, 0.15) is 21.5 Å². The first-order valence-corrected chi connectivity index (χ1v) is 20.3.